The van der Waals surface area contributed by atoms with Crippen molar-refractivity contribution < 1.29 is 4.42 Å². The maximum Gasteiger partial charge on any atom is 0.135 e. The van der Waals surface area contributed by atoms with Crippen LogP contribution in [0, 0.1) is 0 Å². The molecule has 0 N–H and O–H groups in total. The first-order valence-electron chi connectivity index (χ1n) is 18.3. The molecule has 0 bridgehead atoms. The van der Waals surface area contributed by atoms with Crippen molar-refractivity contribution in [2.24, 2.45) is 0 Å². The lowest BCUT2D eigenvalue weighted by molar-refractivity contribution is 0.669. The van der Waals surface area contributed by atoms with E-state index >= 15 is 0 Å². The molecule has 53 heavy (non-hydrogen) atoms. The molecule has 0 unspecified atom stereocenters. The zero-order valence-corrected chi connectivity index (χ0v) is 29.5. The molecule has 0 amide bonds. The molecule has 0 atom stereocenters. The smallest absolute Gasteiger partial charge is 0.135 e. The first kappa shape index (κ1) is 29.1. The minimum absolute atomic E-state index is 0.922. The van der Waals surface area contributed by atoms with E-state index in [1.165, 1.54) is 97.4 Å². The number of rotatable bonds is 3. The van der Waals surface area contributed by atoms with E-state index in [1.807, 2.05) is 23.5 Å². The second-order valence-electron chi connectivity index (χ2n) is 14.3. The standard InChI is InChI=1S/C51H30OS/c1-2-12-35-33(11-1)27-34-29-43(51-50(48(34)35)41-18-8-10-20-46(41)53-51)49-39-16-5-3-14-37(39)47(38-15-4-6-17-40(38)49)31-23-21-30(22-24-31)32-25-26-45-42(28-32)36-13-7-9-19-44(36)52-45/h1-26,28-29H,27H2. The molecule has 1 aliphatic carbocycles. The normalized spacial score (nSPS) is 12.5. The monoisotopic (exact) mass is 690 g/mol. The average Bonchev–Trinajstić information content (AvgIpc) is 3.91. The topological polar surface area (TPSA) is 13.1 Å². The van der Waals surface area contributed by atoms with Gasteiger partial charge in [-0.3, -0.25) is 0 Å². The Morgan fingerprint density at radius 2 is 0.962 bits per heavy atom. The third kappa shape index (κ3) is 4.19. The van der Waals surface area contributed by atoms with Crippen molar-refractivity contribution in [2.45, 2.75) is 6.42 Å². The van der Waals surface area contributed by atoms with Gasteiger partial charge < -0.3 is 4.42 Å². The zero-order chi connectivity index (χ0) is 34.6. The van der Waals surface area contributed by atoms with Gasteiger partial charge in [0.25, 0.3) is 0 Å². The van der Waals surface area contributed by atoms with Crippen LogP contribution in [0.5, 0.6) is 0 Å². The van der Waals surface area contributed by atoms with E-state index in [4.69, 9.17) is 4.42 Å². The number of thiophene rings is 1. The lowest BCUT2D eigenvalue weighted by atomic mass is 9.84. The van der Waals surface area contributed by atoms with Gasteiger partial charge in [-0.25, -0.2) is 0 Å². The van der Waals surface area contributed by atoms with Gasteiger partial charge in [-0.05, 0) is 108 Å². The van der Waals surface area contributed by atoms with Crippen LogP contribution in [-0.2, 0) is 6.42 Å². The minimum Gasteiger partial charge on any atom is -0.456 e. The largest absolute Gasteiger partial charge is 0.456 e. The molecule has 0 spiro atoms. The summed E-state index contributed by atoms with van der Waals surface area (Å²) in [5, 5.41) is 10.2. The number of para-hydroxylation sites is 1. The van der Waals surface area contributed by atoms with Crippen molar-refractivity contribution >= 4 is 75.0 Å². The molecule has 1 aliphatic rings. The predicted molar refractivity (Wildman–Crippen MR) is 226 cm³/mol. The molecule has 0 radical (unpaired) electrons. The van der Waals surface area contributed by atoms with Gasteiger partial charge in [-0.1, -0.05) is 140 Å². The molecule has 2 heteroatoms. The maximum atomic E-state index is 6.12. The van der Waals surface area contributed by atoms with Gasteiger partial charge in [0.1, 0.15) is 11.2 Å². The Labute approximate surface area is 310 Å². The molecule has 0 saturated heterocycles. The average molecular weight is 691 g/mol. The van der Waals surface area contributed by atoms with Crippen molar-refractivity contribution in [3.63, 3.8) is 0 Å². The quantitative estimate of drug-likeness (QED) is 0.168. The summed E-state index contributed by atoms with van der Waals surface area (Å²) in [6, 6.07) is 62.5. The summed E-state index contributed by atoms with van der Waals surface area (Å²) in [6.07, 6.45) is 0.961. The summed E-state index contributed by atoms with van der Waals surface area (Å²) >= 11 is 1.94. The minimum atomic E-state index is 0.922. The van der Waals surface area contributed by atoms with E-state index < -0.39 is 0 Å². The summed E-state index contributed by atoms with van der Waals surface area (Å²) in [4.78, 5) is 0. The Morgan fingerprint density at radius 3 is 1.74 bits per heavy atom. The van der Waals surface area contributed by atoms with Gasteiger partial charge in [-0.15, -0.1) is 11.3 Å². The van der Waals surface area contributed by atoms with Crippen LogP contribution in [0.3, 0.4) is 0 Å². The van der Waals surface area contributed by atoms with Gasteiger partial charge in [0.2, 0.25) is 0 Å². The van der Waals surface area contributed by atoms with Gasteiger partial charge in [0, 0.05) is 36.5 Å². The molecular weight excluding hydrogens is 661 g/mol. The molecule has 0 fully saturated rings. The van der Waals surface area contributed by atoms with E-state index in [1.54, 1.807) is 0 Å². The molecule has 11 aromatic rings. The summed E-state index contributed by atoms with van der Waals surface area (Å²) in [6.45, 7) is 0. The number of fused-ring (bicyclic) bond motifs is 12. The molecule has 9 aromatic carbocycles. The van der Waals surface area contributed by atoms with Crippen molar-refractivity contribution in [3.8, 4) is 44.5 Å². The first-order valence-corrected chi connectivity index (χ1v) is 19.1. The highest BCUT2D eigenvalue weighted by Crippen LogP contribution is 2.53. The van der Waals surface area contributed by atoms with Crippen molar-refractivity contribution in [1.29, 1.82) is 0 Å². The van der Waals surface area contributed by atoms with Gasteiger partial charge in [0.05, 0.1) is 0 Å². The molecule has 2 heterocycles. The summed E-state index contributed by atoms with van der Waals surface area (Å²) in [5.74, 6) is 0. The van der Waals surface area contributed by atoms with Crippen molar-refractivity contribution in [1.82, 2.24) is 0 Å². The molecule has 1 nitrogen and oxygen atoms in total. The predicted octanol–water partition coefficient (Wildman–Crippen LogP) is 14.8. The number of furan rings is 1. The lowest BCUT2D eigenvalue weighted by Crippen LogP contribution is -1.92. The van der Waals surface area contributed by atoms with Crippen LogP contribution in [0.2, 0.25) is 0 Å². The maximum absolute atomic E-state index is 6.12. The summed E-state index contributed by atoms with van der Waals surface area (Å²) < 4.78 is 8.83. The van der Waals surface area contributed by atoms with E-state index in [-0.39, 0.29) is 0 Å². The van der Waals surface area contributed by atoms with Crippen LogP contribution in [-0.4, -0.2) is 0 Å². The van der Waals surface area contributed by atoms with E-state index in [2.05, 4.69) is 158 Å². The summed E-state index contributed by atoms with van der Waals surface area (Å²) in [7, 11) is 0. The fraction of sp³-hybridized carbons (Fsp3) is 0.0196. The lowest BCUT2D eigenvalue weighted by Gasteiger charge is -2.19. The molecule has 246 valence electrons. The van der Waals surface area contributed by atoms with Crippen LogP contribution in [0.25, 0.3) is 108 Å². The Hall–Kier alpha value is -6.48. The van der Waals surface area contributed by atoms with Gasteiger partial charge in [-0.2, -0.15) is 0 Å². The molecule has 2 aromatic heterocycles. The highest BCUT2D eigenvalue weighted by Gasteiger charge is 2.27. The third-order valence-electron chi connectivity index (χ3n) is 11.5. The van der Waals surface area contributed by atoms with E-state index in [9.17, 15) is 0 Å². The fourth-order valence-corrected chi connectivity index (χ4v) is 10.4. The highest BCUT2D eigenvalue weighted by atomic mass is 32.1. The highest BCUT2D eigenvalue weighted by molar-refractivity contribution is 7.26. The van der Waals surface area contributed by atoms with Crippen molar-refractivity contribution in [2.75, 3.05) is 0 Å². The van der Waals surface area contributed by atoms with Gasteiger partial charge >= 0.3 is 0 Å². The van der Waals surface area contributed by atoms with Crippen LogP contribution >= 0.6 is 11.3 Å². The Morgan fingerprint density at radius 1 is 0.377 bits per heavy atom. The summed E-state index contributed by atoms with van der Waals surface area (Å²) in [5.41, 5.74) is 15.0. The Bertz CT molecular complexity index is 3250. The number of hydrogen-bond acceptors (Lipinski definition) is 2. The van der Waals surface area contributed by atoms with Crippen LogP contribution in [0.1, 0.15) is 11.1 Å². The fourth-order valence-electron chi connectivity index (χ4n) is 9.18. The first-order chi connectivity index (χ1) is 26.3. The molecular formula is C51H30OS. The third-order valence-corrected chi connectivity index (χ3v) is 12.7. The second-order valence-corrected chi connectivity index (χ2v) is 15.4. The van der Waals surface area contributed by atoms with Crippen LogP contribution in [0.15, 0.2) is 174 Å². The molecule has 12 rings (SSSR count). The number of benzene rings is 9. The van der Waals surface area contributed by atoms with Crippen LogP contribution < -0.4 is 0 Å². The van der Waals surface area contributed by atoms with E-state index in [0.29, 0.717) is 0 Å². The Kier molecular flexibility index (Phi) is 6.05. The number of hydrogen-bond donors (Lipinski definition) is 0. The SMILES string of the molecule is c1ccc2c(c1)Cc1cc(-c3c4ccccc4c(-c4ccc(-c5ccc6oc7ccccc7c6c5)cc4)c4ccccc34)c3sc4ccccc4c3c1-2. The zero-order valence-electron chi connectivity index (χ0n) is 28.7. The molecule has 0 aliphatic heterocycles. The molecule has 0 saturated carbocycles. The second kappa shape index (κ2) is 11.0. The van der Waals surface area contributed by atoms with E-state index in [0.717, 1.165) is 28.4 Å². The van der Waals surface area contributed by atoms with Crippen molar-refractivity contribution in [3.05, 3.63) is 181 Å². The van der Waals surface area contributed by atoms with Crippen LogP contribution in [0.4, 0.5) is 0 Å². The van der Waals surface area contributed by atoms with Gasteiger partial charge in [0.15, 0.2) is 0 Å². The Balaban J connectivity index is 1.09.